The van der Waals surface area contributed by atoms with Gasteiger partial charge in [0.1, 0.15) is 6.42 Å². The highest BCUT2D eigenvalue weighted by atomic mass is 35.5. The van der Waals surface area contributed by atoms with E-state index in [1.807, 2.05) is 5.43 Å². The van der Waals surface area contributed by atoms with Crippen molar-refractivity contribution in [1.82, 2.24) is 5.43 Å². The van der Waals surface area contributed by atoms with E-state index >= 15 is 0 Å². The zero-order valence-corrected chi connectivity index (χ0v) is 17.5. The molecule has 0 spiro atoms. The van der Waals surface area contributed by atoms with E-state index in [2.05, 4.69) is 5.43 Å². The largest absolute Gasteiger partial charge is 0.399 e. The van der Waals surface area contributed by atoms with Crippen molar-refractivity contribution in [2.24, 2.45) is 0 Å². The van der Waals surface area contributed by atoms with E-state index in [0.29, 0.717) is 5.56 Å². The summed E-state index contributed by atoms with van der Waals surface area (Å²) in [6.07, 6.45) is -8.82. The molecule has 31 heavy (non-hydrogen) atoms. The van der Waals surface area contributed by atoms with Crippen LogP contribution in [0.5, 0.6) is 0 Å². The summed E-state index contributed by atoms with van der Waals surface area (Å²) in [7, 11) is 0. The number of amides is 1. The van der Waals surface area contributed by atoms with Gasteiger partial charge in [-0.25, -0.2) is 0 Å². The molecule has 2 aromatic rings. The fourth-order valence-electron chi connectivity index (χ4n) is 2.42. The molecule has 3 nitrogen and oxygen atoms in total. The maximum atomic E-state index is 13.5. The smallest absolute Gasteiger partial charge is 0.299 e. The lowest BCUT2D eigenvalue weighted by molar-refractivity contribution is -0.153. The molecule has 2 aromatic carbocycles. The van der Waals surface area contributed by atoms with Gasteiger partial charge in [-0.1, -0.05) is 59.1 Å². The van der Waals surface area contributed by atoms with Crippen LogP contribution in [0.1, 0.15) is 23.5 Å². The quantitative estimate of drug-likeness (QED) is 0.244. The molecule has 0 radical (unpaired) electrons. The van der Waals surface area contributed by atoms with Crippen molar-refractivity contribution in [2.45, 2.75) is 24.7 Å². The molecule has 0 saturated heterocycles. The van der Waals surface area contributed by atoms with Crippen molar-refractivity contribution in [2.75, 3.05) is 5.43 Å². The predicted molar refractivity (Wildman–Crippen MR) is 108 cm³/mol. The van der Waals surface area contributed by atoms with E-state index in [1.165, 1.54) is 30.3 Å². The lowest BCUT2D eigenvalue weighted by atomic mass is 9.97. The lowest BCUT2D eigenvalue weighted by Gasteiger charge is -2.18. The fraction of sp³-hybridized carbons (Fsp3) is 0.211. The molecule has 2 N–H and O–H groups in total. The first-order chi connectivity index (χ1) is 14.3. The Bertz CT molecular complexity index is 936. The minimum atomic E-state index is -4.64. The number of carbonyl (C=O) groups excluding carboxylic acids is 1. The standard InChI is InChI=1S/C19H13Cl3F6N2O/c20-14-7-11(8-15(21)17(14)22)13(19(26,27)28)6-3-10-1-4-12(5-2-10)29-30-16(31)9-18(23,24)25/h1-8,13,29H,9H2,(H,30,31)/b6-3+. The van der Waals surface area contributed by atoms with Gasteiger partial charge in [0.2, 0.25) is 5.91 Å². The topological polar surface area (TPSA) is 41.1 Å². The first-order valence-corrected chi connectivity index (χ1v) is 9.50. The number of hydrogen-bond donors (Lipinski definition) is 2. The summed E-state index contributed by atoms with van der Waals surface area (Å²) in [6.45, 7) is 0. The maximum absolute atomic E-state index is 13.5. The highest BCUT2D eigenvalue weighted by molar-refractivity contribution is 6.48. The molecule has 0 heterocycles. The van der Waals surface area contributed by atoms with Crippen molar-refractivity contribution < 1.29 is 31.1 Å². The van der Waals surface area contributed by atoms with Gasteiger partial charge in [-0.05, 0) is 35.4 Å². The van der Waals surface area contributed by atoms with E-state index in [4.69, 9.17) is 34.8 Å². The maximum Gasteiger partial charge on any atom is 0.399 e. The molecule has 0 saturated carbocycles. The summed E-state index contributed by atoms with van der Waals surface area (Å²) in [4.78, 5) is 11.1. The van der Waals surface area contributed by atoms with Crippen molar-refractivity contribution in [3.63, 3.8) is 0 Å². The van der Waals surface area contributed by atoms with Crippen molar-refractivity contribution in [1.29, 1.82) is 0 Å². The number of hydrazine groups is 1. The number of rotatable bonds is 6. The molecule has 1 unspecified atom stereocenters. The highest BCUT2D eigenvalue weighted by Gasteiger charge is 2.39. The Kier molecular flexibility index (Phi) is 8.13. The molecule has 0 aliphatic rings. The van der Waals surface area contributed by atoms with Crippen LogP contribution in [0.15, 0.2) is 42.5 Å². The molecule has 1 atom stereocenters. The van der Waals surface area contributed by atoms with E-state index in [9.17, 15) is 31.1 Å². The molecule has 168 valence electrons. The number of hydrogen-bond acceptors (Lipinski definition) is 2. The van der Waals surface area contributed by atoms with Crippen LogP contribution in [0.25, 0.3) is 6.08 Å². The molecule has 2 rings (SSSR count). The molecular weight excluding hydrogens is 493 g/mol. The van der Waals surface area contributed by atoms with E-state index < -0.39 is 30.6 Å². The van der Waals surface area contributed by atoms with Crippen LogP contribution in [0.4, 0.5) is 32.0 Å². The van der Waals surface area contributed by atoms with Gasteiger partial charge in [0.25, 0.3) is 0 Å². The van der Waals surface area contributed by atoms with Crippen LogP contribution in [-0.2, 0) is 4.79 Å². The van der Waals surface area contributed by atoms with Gasteiger partial charge in [0.15, 0.2) is 0 Å². The normalized spacial score (nSPS) is 13.3. The van der Waals surface area contributed by atoms with Gasteiger partial charge in [0, 0.05) is 0 Å². The van der Waals surface area contributed by atoms with E-state index in [1.54, 1.807) is 0 Å². The Balaban J connectivity index is 2.12. The minimum Gasteiger partial charge on any atom is -0.299 e. The van der Waals surface area contributed by atoms with Gasteiger partial charge < -0.3 is 0 Å². The van der Waals surface area contributed by atoms with Crippen LogP contribution >= 0.6 is 34.8 Å². The van der Waals surface area contributed by atoms with Crippen LogP contribution in [0.3, 0.4) is 0 Å². The molecular formula is C19H13Cl3F6N2O. The summed E-state index contributed by atoms with van der Waals surface area (Å²) in [5, 5.41) is -0.285. The lowest BCUT2D eigenvalue weighted by Crippen LogP contribution is -2.32. The Hall–Kier alpha value is -2.10. The van der Waals surface area contributed by atoms with Gasteiger partial charge in [-0.3, -0.25) is 15.6 Å². The second-order valence-corrected chi connectivity index (χ2v) is 7.46. The van der Waals surface area contributed by atoms with E-state index in [-0.39, 0.29) is 26.3 Å². The van der Waals surface area contributed by atoms with Crippen LogP contribution in [0.2, 0.25) is 15.1 Å². The number of anilines is 1. The molecule has 0 aromatic heterocycles. The second kappa shape index (κ2) is 10.0. The highest BCUT2D eigenvalue weighted by Crippen LogP contribution is 2.41. The number of nitrogens with one attached hydrogen (secondary N) is 2. The fourth-order valence-corrected chi connectivity index (χ4v) is 3.03. The molecule has 0 aliphatic carbocycles. The third-order valence-electron chi connectivity index (χ3n) is 3.82. The number of alkyl halides is 6. The minimum absolute atomic E-state index is 0.0533. The van der Waals surface area contributed by atoms with Crippen LogP contribution in [0, 0.1) is 0 Å². The number of halogens is 9. The second-order valence-electron chi connectivity index (χ2n) is 6.26. The van der Waals surface area contributed by atoms with Gasteiger partial charge >= 0.3 is 12.4 Å². The third kappa shape index (κ3) is 7.83. The van der Waals surface area contributed by atoms with Gasteiger partial charge in [-0.2, -0.15) is 26.3 Å². The summed E-state index contributed by atoms with van der Waals surface area (Å²) in [6, 6.07) is 7.70. The Morgan fingerprint density at radius 1 is 0.968 bits per heavy atom. The molecule has 0 bridgehead atoms. The zero-order chi connectivity index (χ0) is 23.4. The SMILES string of the molecule is O=C(CC(F)(F)F)NNc1ccc(/C=C/C(c2cc(Cl)c(Cl)c(Cl)c2)C(F)(F)F)cc1. The Morgan fingerprint density at radius 3 is 2.00 bits per heavy atom. The van der Waals surface area contributed by atoms with Crippen molar-refractivity contribution >= 4 is 52.5 Å². The van der Waals surface area contributed by atoms with Crippen LogP contribution < -0.4 is 10.9 Å². The average Bonchev–Trinajstić information content (AvgIpc) is 2.63. The summed E-state index contributed by atoms with van der Waals surface area (Å²) in [5.74, 6) is -3.30. The monoisotopic (exact) mass is 504 g/mol. The zero-order valence-electron chi connectivity index (χ0n) is 15.2. The molecule has 0 fully saturated rings. The molecule has 12 heteroatoms. The Morgan fingerprint density at radius 2 is 1.52 bits per heavy atom. The summed E-state index contributed by atoms with van der Waals surface area (Å²) >= 11 is 17.4. The summed E-state index contributed by atoms with van der Waals surface area (Å²) < 4.78 is 76.9. The van der Waals surface area contributed by atoms with Gasteiger partial charge in [0.05, 0.1) is 26.7 Å². The van der Waals surface area contributed by atoms with Crippen LogP contribution in [-0.4, -0.2) is 18.3 Å². The van der Waals surface area contributed by atoms with Gasteiger partial charge in [-0.15, -0.1) is 0 Å². The molecule has 0 aliphatic heterocycles. The number of allylic oxidation sites excluding steroid dienone is 1. The van der Waals surface area contributed by atoms with Crippen molar-refractivity contribution in [3.8, 4) is 0 Å². The van der Waals surface area contributed by atoms with Crippen molar-refractivity contribution in [3.05, 3.63) is 68.7 Å². The first kappa shape index (κ1) is 25.2. The average molecular weight is 506 g/mol. The molecule has 1 amide bonds. The first-order valence-electron chi connectivity index (χ1n) is 8.37. The summed E-state index contributed by atoms with van der Waals surface area (Å²) in [5.41, 5.74) is 4.55. The van der Waals surface area contributed by atoms with E-state index in [0.717, 1.165) is 18.2 Å². The number of benzene rings is 2. The number of carbonyl (C=O) groups is 1. The predicted octanol–water partition coefficient (Wildman–Crippen LogP) is 7.40. The third-order valence-corrected chi connectivity index (χ3v) is 5.01. The Labute approximate surface area is 187 Å².